The first-order valence-corrected chi connectivity index (χ1v) is 6.67. The average molecular weight is 250 g/mol. The van der Waals surface area contributed by atoms with Crippen LogP contribution in [-0.2, 0) is 0 Å². The molecule has 1 saturated heterocycles. The lowest BCUT2D eigenvalue weighted by atomic mass is 10.2. The Morgan fingerprint density at radius 2 is 1.67 bits per heavy atom. The second-order valence-electron chi connectivity index (χ2n) is 5.25. The van der Waals surface area contributed by atoms with E-state index < -0.39 is 0 Å². The minimum Gasteiger partial charge on any atom is -0.378 e. The molecule has 1 unspecified atom stereocenters. The number of halogens is 1. The van der Waals surface area contributed by atoms with Gasteiger partial charge in [0.25, 0.3) is 0 Å². The zero-order valence-corrected chi connectivity index (χ0v) is 10.4. The maximum atomic E-state index is 12.9. The van der Waals surface area contributed by atoms with Gasteiger partial charge in [-0.3, -0.25) is 4.90 Å². The Labute approximate surface area is 107 Å². The van der Waals surface area contributed by atoms with Gasteiger partial charge in [0.1, 0.15) is 12.0 Å². The van der Waals surface area contributed by atoms with E-state index >= 15 is 0 Å². The molecule has 0 radical (unpaired) electrons. The molecular weight excluding hydrogens is 231 g/mol. The van der Waals surface area contributed by atoms with Crippen LogP contribution < -0.4 is 4.90 Å². The van der Waals surface area contributed by atoms with Crippen molar-refractivity contribution in [1.82, 2.24) is 4.90 Å². The third kappa shape index (κ3) is 2.49. The Kier molecular flexibility index (Phi) is 3.22. The van der Waals surface area contributed by atoms with E-state index in [1.807, 2.05) is 12.1 Å². The number of benzene rings is 1. The molecule has 18 heavy (non-hydrogen) atoms. The Balaban J connectivity index is 1.57. The van der Waals surface area contributed by atoms with Crippen molar-refractivity contribution in [2.24, 2.45) is 5.92 Å². The lowest BCUT2D eigenvalue weighted by molar-refractivity contribution is -0.0158. The van der Waals surface area contributed by atoms with Gasteiger partial charge in [-0.2, -0.15) is 0 Å². The van der Waals surface area contributed by atoms with Crippen LogP contribution in [0.25, 0.3) is 0 Å². The first-order valence-electron chi connectivity index (χ1n) is 6.67. The smallest absolute Gasteiger partial charge is 0.123 e. The van der Waals surface area contributed by atoms with E-state index in [4.69, 9.17) is 0 Å². The number of piperazine rings is 1. The Morgan fingerprint density at radius 3 is 2.22 bits per heavy atom. The summed E-state index contributed by atoms with van der Waals surface area (Å²) < 4.78 is 12.9. The van der Waals surface area contributed by atoms with Crippen molar-refractivity contribution in [3.05, 3.63) is 30.1 Å². The van der Waals surface area contributed by atoms with Crippen molar-refractivity contribution < 1.29 is 9.50 Å². The molecule has 4 heteroatoms. The fraction of sp³-hybridized carbons (Fsp3) is 0.571. The van der Waals surface area contributed by atoms with Gasteiger partial charge < -0.3 is 10.0 Å². The van der Waals surface area contributed by atoms with Crippen molar-refractivity contribution in [2.75, 3.05) is 31.1 Å². The Bertz CT molecular complexity index is 397. The second kappa shape index (κ2) is 4.86. The average Bonchev–Trinajstić information content (AvgIpc) is 3.23. The van der Waals surface area contributed by atoms with Crippen molar-refractivity contribution in [3.63, 3.8) is 0 Å². The number of nitrogens with zero attached hydrogens (tertiary/aromatic N) is 2. The molecule has 0 bridgehead atoms. The summed E-state index contributed by atoms with van der Waals surface area (Å²) in [4.78, 5) is 4.41. The number of rotatable bonds is 3. The van der Waals surface area contributed by atoms with Gasteiger partial charge in [0.05, 0.1) is 0 Å². The van der Waals surface area contributed by atoms with E-state index in [0.29, 0.717) is 5.92 Å². The van der Waals surface area contributed by atoms with Crippen LogP contribution in [0.5, 0.6) is 0 Å². The molecule has 3 rings (SSSR count). The first-order chi connectivity index (χ1) is 8.74. The number of aliphatic hydroxyl groups is 1. The maximum absolute atomic E-state index is 12.9. The highest BCUT2D eigenvalue weighted by Crippen LogP contribution is 2.34. The predicted molar refractivity (Wildman–Crippen MR) is 68.9 cm³/mol. The molecule has 1 aromatic rings. The van der Waals surface area contributed by atoms with Crippen LogP contribution in [0, 0.1) is 11.7 Å². The molecule has 2 fully saturated rings. The standard InChI is InChI=1S/C14H19FN2O/c15-12-3-5-13(6-4-12)16-7-9-17(10-8-16)14(18)11-1-2-11/h3-6,11,14,18H,1-2,7-10H2. The van der Waals surface area contributed by atoms with Gasteiger partial charge >= 0.3 is 0 Å². The molecule has 1 heterocycles. The quantitative estimate of drug-likeness (QED) is 0.884. The van der Waals surface area contributed by atoms with E-state index in [9.17, 15) is 9.50 Å². The molecule has 1 saturated carbocycles. The fourth-order valence-electron chi connectivity index (χ4n) is 2.59. The minimum atomic E-state index is -0.250. The molecule has 1 atom stereocenters. The molecule has 1 aliphatic heterocycles. The van der Waals surface area contributed by atoms with Crippen LogP contribution in [0.15, 0.2) is 24.3 Å². The van der Waals surface area contributed by atoms with Gasteiger partial charge in [-0.05, 0) is 43.0 Å². The van der Waals surface area contributed by atoms with E-state index in [1.165, 1.54) is 25.0 Å². The highest BCUT2D eigenvalue weighted by atomic mass is 19.1. The summed E-state index contributed by atoms with van der Waals surface area (Å²) >= 11 is 0. The monoisotopic (exact) mass is 250 g/mol. The molecule has 1 aromatic carbocycles. The van der Waals surface area contributed by atoms with E-state index in [-0.39, 0.29) is 12.0 Å². The van der Waals surface area contributed by atoms with Crippen LogP contribution in [-0.4, -0.2) is 42.4 Å². The van der Waals surface area contributed by atoms with Crippen molar-refractivity contribution >= 4 is 5.69 Å². The van der Waals surface area contributed by atoms with E-state index in [1.54, 1.807) is 0 Å². The summed E-state index contributed by atoms with van der Waals surface area (Å²) in [5.74, 6) is 0.309. The fourth-order valence-corrected chi connectivity index (χ4v) is 2.59. The third-order valence-electron chi connectivity index (χ3n) is 3.92. The van der Waals surface area contributed by atoms with Gasteiger partial charge in [0.15, 0.2) is 0 Å². The molecule has 0 amide bonds. The second-order valence-corrected chi connectivity index (χ2v) is 5.25. The summed E-state index contributed by atoms with van der Waals surface area (Å²) in [5, 5.41) is 10.1. The van der Waals surface area contributed by atoms with E-state index in [2.05, 4.69) is 9.80 Å². The van der Waals surface area contributed by atoms with Crippen molar-refractivity contribution in [1.29, 1.82) is 0 Å². The molecule has 1 N–H and O–H groups in total. The van der Waals surface area contributed by atoms with Gasteiger partial charge in [0.2, 0.25) is 0 Å². The van der Waals surface area contributed by atoms with Crippen LogP contribution in [0.1, 0.15) is 12.8 Å². The molecule has 98 valence electrons. The lowest BCUT2D eigenvalue weighted by Crippen LogP contribution is -2.51. The lowest BCUT2D eigenvalue weighted by Gasteiger charge is -2.38. The molecule has 3 nitrogen and oxygen atoms in total. The summed E-state index contributed by atoms with van der Waals surface area (Å²) in [6, 6.07) is 6.64. The summed E-state index contributed by atoms with van der Waals surface area (Å²) in [7, 11) is 0. The first kappa shape index (κ1) is 11.9. The van der Waals surface area contributed by atoms with Gasteiger partial charge in [-0.25, -0.2) is 4.39 Å². The topological polar surface area (TPSA) is 26.7 Å². The number of hydrogen-bond acceptors (Lipinski definition) is 3. The van der Waals surface area contributed by atoms with Gasteiger partial charge in [0, 0.05) is 31.9 Å². The molecule has 2 aliphatic rings. The van der Waals surface area contributed by atoms with E-state index in [0.717, 1.165) is 31.9 Å². The number of hydrogen-bond donors (Lipinski definition) is 1. The van der Waals surface area contributed by atoms with Gasteiger partial charge in [-0.15, -0.1) is 0 Å². The van der Waals surface area contributed by atoms with Crippen molar-refractivity contribution in [3.8, 4) is 0 Å². The molecule has 1 aliphatic carbocycles. The molecular formula is C14H19FN2O. The van der Waals surface area contributed by atoms with Crippen LogP contribution in [0.3, 0.4) is 0 Å². The molecule has 0 spiro atoms. The summed E-state index contributed by atoms with van der Waals surface area (Å²) in [6.45, 7) is 3.56. The Hall–Kier alpha value is -1.13. The van der Waals surface area contributed by atoms with Crippen LogP contribution >= 0.6 is 0 Å². The molecule has 0 aromatic heterocycles. The van der Waals surface area contributed by atoms with Crippen molar-refractivity contribution in [2.45, 2.75) is 19.1 Å². The maximum Gasteiger partial charge on any atom is 0.123 e. The summed E-state index contributed by atoms with van der Waals surface area (Å²) in [6.07, 6.45) is 2.08. The Morgan fingerprint density at radius 1 is 1.06 bits per heavy atom. The third-order valence-corrected chi connectivity index (χ3v) is 3.92. The van der Waals surface area contributed by atoms with Crippen LogP contribution in [0.2, 0.25) is 0 Å². The van der Waals surface area contributed by atoms with Crippen LogP contribution in [0.4, 0.5) is 10.1 Å². The predicted octanol–water partition coefficient (Wildman–Crippen LogP) is 1.68. The highest BCUT2D eigenvalue weighted by Gasteiger charge is 2.35. The highest BCUT2D eigenvalue weighted by molar-refractivity contribution is 5.46. The SMILES string of the molecule is OC(C1CC1)N1CCN(c2ccc(F)cc2)CC1. The normalized spacial score (nSPS) is 23.1. The van der Waals surface area contributed by atoms with Gasteiger partial charge in [-0.1, -0.05) is 0 Å². The largest absolute Gasteiger partial charge is 0.378 e. The zero-order valence-electron chi connectivity index (χ0n) is 10.4. The summed E-state index contributed by atoms with van der Waals surface area (Å²) in [5.41, 5.74) is 1.07. The minimum absolute atomic E-state index is 0.193. The zero-order chi connectivity index (χ0) is 12.5. The number of anilines is 1. The number of aliphatic hydroxyl groups excluding tert-OH is 1.